The van der Waals surface area contributed by atoms with Crippen LogP contribution in [-0.4, -0.2) is 31.3 Å². The van der Waals surface area contributed by atoms with E-state index in [2.05, 4.69) is 4.72 Å². The molecular weight excluding hydrogens is 242 g/mol. The summed E-state index contributed by atoms with van der Waals surface area (Å²) in [4.78, 5) is 10.8. The van der Waals surface area contributed by atoms with Gasteiger partial charge in [0.05, 0.1) is 11.2 Å². The maximum absolute atomic E-state index is 11.6. The van der Waals surface area contributed by atoms with Gasteiger partial charge in [-0.25, -0.2) is 13.1 Å². The first-order valence-electron chi connectivity index (χ1n) is 6.20. The van der Waals surface area contributed by atoms with Crippen LogP contribution in [0, 0.1) is 11.8 Å². The van der Waals surface area contributed by atoms with Gasteiger partial charge in [-0.1, -0.05) is 0 Å². The number of carboxylic acids is 1. The molecular formula is C11H19NO4S. The van der Waals surface area contributed by atoms with Crippen LogP contribution < -0.4 is 4.72 Å². The topological polar surface area (TPSA) is 83.5 Å². The number of carbonyl (C=O) groups is 1. The highest BCUT2D eigenvalue weighted by Crippen LogP contribution is 2.30. The van der Waals surface area contributed by atoms with Crippen LogP contribution in [0.15, 0.2) is 0 Å². The lowest BCUT2D eigenvalue weighted by Gasteiger charge is -2.26. The molecule has 6 heteroatoms. The molecule has 5 nitrogen and oxygen atoms in total. The lowest BCUT2D eigenvalue weighted by atomic mass is 9.82. The smallest absolute Gasteiger partial charge is 0.306 e. The summed E-state index contributed by atoms with van der Waals surface area (Å²) < 4.78 is 25.9. The summed E-state index contributed by atoms with van der Waals surface area (Å²) in [6.45, 7) is 0.477. The number of rotatable bonds is 5. The Hall–Kier alpha value is -0.620. The van der Waals surface area contributed by atoms with E-state index in [-0.39, 0.29) is 11.2 Å². The fourth-order valence-electron chi connectivity index (χ4n) is 2.34. The molecule has 0 aromatic rings. The second-order valence-corrected chi connectivity index (χ2v) is 7.19. The third kappa shape index (κ3) is 3.42. The average Bonchev–Trinajstić information content (AvgIpc) is 3.11. The van der Waals surface area contributed by atoms with Crippen molar-refractivity contribution in [3.05, 3.63) is 0 Å². The van der Waals surface area contributed by atoms with Crippen LogP contribution in [0.25, 0.3) is 0 Å². The summed E-state index contributed by atoms with van der Waals surface area (Å²) in [5.74, 6) is -0.646. The summed E-state index contributed by atoms with van der Waals surface area (Å²) in [5, 5.41) is 8.68. The molecule has 0 atom stereocenters. The Morgan fingerprint density at radius 1 is 1.12 bits per heavy atom. The molecule has 0 unspecified atom stereocenters. The number of aliphatic carboxylic acids is 1. The fourth-order valence-corrected chi connectivity index (χ4v) is 3.80. The molecule has 2 fully saturated rings. The van der Waals surface area contributed by atoms with E-state index in [1.54, 1.807) is 0 Å². The van der Waals surface area contributed by atoms with Gasteiger partial charge in [-0.2, -0.15) is 0 Å². The van der Waals surface area contributed by atoms with Gasteiger partial charge in [-0.05, 0) is 44.4 Å². The van der Waals surface area contributed by atoms with Crippen molar-refractivity contribution in [2.45, 2.75) is 43.8 Å². The summed E-state index contributed by atoms with van der Waals surface area (Å²) >= 11 is 0. The fraction of sp³-hybridized carbons (Fsp3) is 0.909. The molecule has 2 aliphatic rings. The Balaban J connectivity index is 1.73. The summed E-state index contributed by atoms with van der Waals surface area (Å²) in [5.41, 5.74) is 0. The number of hydrogen-bond donors (Lipinski definition) is 2. The highest BCUT2D eigenvalue weighted by Gasteiger charge is 2.36. The van der Waals surface area contributed by atoms with Gasteiger partial charge < -0.3 is 5.11 Å². The Labute approximate surface area is 102 Å². The van der Waals surface area contributed by atoms with Crippen LogP contribution in [0.1, 0.15) is 38.5 Å². The van der Waals surface area contributed by atoms with Crippen molar-refractivity contribution >= 4 is 16.0 Å². The quantitative estimate of drug-likeness (QED) is 0.772. The van der Waals surface area contributed by atoms with Crippen LogP contribution in [0.5, 0.6) is 0 Å². The molecule has 98 valence electrons. The molecule has 0 spiro atoms. The summed E-state index contributed by atoms with van der Waals surface area (Å²) in [6.07, 6.45) is 4.52. The van der Waals surface area contributed by atoms with Crippen molar-refractivity contribution in [1.29, 1.82) is 0 Å². The number of hydrogen-bond acceptors (Lipinski definition) is 3. The predicted molar refractivity (Wildman–Crippen MR) is 63.0 cm³/mol. The Kier molecular flexibility index (Phi) is 3.73. The van der Waals surface area contributed by atoms with Crippen molar-refractivity contribution in [3.8, 4) is 0 Å². The van der Waals surface area contributed by atoms with E-state index in [9.17, 15) is 13.2 Å². The standard InChI is InChI=1S/C11H19NO4S/c13-11(14)9-3-1-8(2-4-9)7-12-17(15,16)10-5-6-10/h8-10,12H,1-7H2,(H,13,14). The van der Waals surface area contributed by atoms with Crippen LogP contribution >= 0.6 is 0 Å². The van der Waals surface area contributed by atoms with Crippen molar-refractivity contribution in [2.75, 3.05) is 6.54 Å². The average molecular weight is 261 g/mol. The molecule has 0 aromatic carbocycles. The molecule has 0 aromatic heterocycles. The van der Waals surface area contributed by atoms with Gasteiger partial charge in [0, 0.05) is 6.54 Å². The van der Waals surface area contributed by atoms with Gasteiger partial charge in [0.1, 0.15) is 0 Å². The second-order valence-electron chi connectivity index (χ2n) is 5.15. The lowest BCUT2D eigenvalue weighted by molar-refractivity contribution is -0.143. The molecule has 2 saturated carbocycles. The third-order valence-electron chi connectivity index (χ3n) is 3.73. The van der Waals surface area contributed by atoms with Crippen LogP contribution in [-0.2, 0) is 14.8 Å². The normalized spacial score (nSPS) is 30.1. The zero-order valence-corrected chi connectivity index (χ0v) is 10.6. The highest BCUT2D eigenvalue weighted by atomic mass is 32.2. The largest absolute Gasteiger partial charge is 0.481 e. The SMILES string of the molecule is O=C(O)C1CCC(CNS(=O)(=O)C2CC2)CC1. The minimum atomic E-state index is -3.08. The van der Waals surface area contributed by atoms with Crippen LogP contribution in [0.4, 0.5) is 0 Å². The minimum absolute atomic E-state index is 0.169. The van der Waals surface area contributed by atoms with Gasteiger partial charge in [0.2, 0.25) is 10.0 Å². The first-order chi connectivity index (χ1) is 7.99. The maximum atomic E-state index is 11.6. The van der Waals surface area contributed by atoms with Crippen molar-refractivity contribution in [1.82, 2.24) is 4.72 Å². The number of nitrogens with one attached hydrogen (secondary N) is 1. The van der Waals surface area contributed by atoms with Gasteiger partial charge in [0.15, 0.2) is 0 Å². The van der Waals surface area contributed by atoms with E-state index in [0.29, 0.717) is 25.3 Å². The van der Waals surface area contributed by atoms with Gasteiger partial charge in [0.25, 0.3) is 0 Å². The molecule has 0 radical (unpaired) electrons. The third-order valence-corrected chi connectivity index (χ3v) is 5.65. The van der Waals surface area contributed by atoms with Crippen LogP contribution in [0.3, 0.4) is 0 Å². The van der Waals surface area contributed by atoms with Crippen LogP contribution in [0.2, 0.25) is 0 Å². The van der Waals surface area contributed by atoms with E-state index >= 15 is 0 Å². The van der Waals surface area contributed by atoms with E-state index in [4.69, 9.17) is 5.11 Å². The molecule has 2 N–H and O–H groups in total. The van der Waals surface area contributed by atoms with E-state index in [1.165, 1.54) is 0 Å². The molecule has 17 heavy (non-hydrogen) atoms. The Morgan fingerprint density at radius 3 is 2.18 bits per heavy atom. The summed E-state index contributed by atoms with van der Waals surface area (Å²) in [6, 6.07) is 0. The lowest BCUT2D eigenvalue weighted by Crippen LogP contribution is -2.34. The van der Waals surface area contributed by atoms with Crippen molar-refractivity contribution in [2.24, 2.45) is 11.8 Å². The van der Waals surface area contributed by atoms with Gasteiger partial charge >= 0.3 is 5.97 Å². The second kappa shape index (κ2) is 4.94. The van der Waals surface area contributed by atoms with E-state index in [0.717, 1.165) is 25.7 Å². The molecule has 2 rings (SSSR count). The number of carboxylic acid groups (broad SMARTS) is 1. The van der Waals surface area contributed by atoms with E-state index < -0.39 is 16.0 Å². The summed E-state index contributed by atoms with van der Waals surface area (Å²) in [7, 11) is -3.08. The Bertz CT molecular complexity index is 380. The zero-order chi connectivity index (χ0) is 12.5. The maximum Gasteiger partial charge on any atom is 0.306 e. The number of sulfonamides is 1. The van der Waals surface area contributed by atoms with Gasteiger partial charge in [-0.15, -0.1) is 0 Å². The molecule has 0 heterocycles. The molecule has 2 aliphatic carbocycles. The van der Waals surface area contributed by atoms with Crippen molar-refractivity contribution < 1.29 is 18.3 Å². The zero-order valence-electron chi connectivity index (χ0n) is 9.76. The molecule has 0 bridgehead atoms. The highest BCUT2D eigenvalue weighted by molar-refractivity contribution is 7.90. The first kappa shape index (κ1) is 12.8. The van der Waals surface area contributed by atoms with Gasteiger partial charge in [-0.3, -0.25) is 4.79 Å². The molecule has 0 amide bonds. The molecule has 0 saturated heterocycles. The monoisotopic (exact) mass is 261 g/mol. The Morgan fingerprint density at radius 2 is 1.71 bits per heavy atom. The predicted octanol–water partition coefficient (Wildman–Crippen LogP) is 0.959. The minimum Gasteiger partial charge on any atom is -0.481 e. The molecule has 0 aliphatic heterocycles. The first-order valence-corrected chi connectivity index (χ1v) is 7.75. The van der Waals surface area contributed by atoms with Crippen molar-refractivity contribution in [3.63, 3.8) is 0 Å². The van der Waals surface area contributed by atoms with E-state index in [1.807, 2.05) is 0 Å².